The maximum Gasteiger partial charge on any atom is 0.292 e. The Kier molecular flexibility index (Phi) is 6.04. The first-order valence-corrected chi connectivity index (χ1v) is 9.91. The van der Waals surface area contributed by atoms with Crippen LogP contribution in [0.1, 0.15) is 27.4 Å². The predicted molar refractivity (Wildman–Crippen MR) is 115 cm³/mol. The van der Waals surface area contributed by atoms with E-state index in [4.69, 9.17) is 20.8 Å². The van der Waals surface area contributed by atoms with Crippen molar-refractivity contribution in [3.8, 4) is 5.75 Å². The summed E-state index contributed by atoms with van der Waals surface area (Å²) in [4.78, 5) is 12.4. The summed E-state index contributed by atoms with van der Waals surface area (Å²) in [6.45, 7) is 2.54. The van der Waals surface area contributed by atoms with Gasteiger partial charge in [0.05, 0.1) is 6.54 Å². The Hall–Kier alpha value is -3.58. The van der Waals surface area contributed by atoms with Crippen molar-refractivity contribution in [3.63, 3.8) is 0 Å². The summed E-state index contributed by atoms with van der Waals surface area (Å²) in [5.41, 5.74) is 1.81. The topological polar surface area (TPSA) is 69.3 Å². The fourth-order valence-corrected chi connectivity index (χ4v) is 3.20. The van der Waals surface area contributed by atoms with Crippen molar-refractivity contribution in [1.29, 1.82) is 0 Å². The van der Waals surface area contributed by atoms with Gasteiger partial charge in [-0.05, 0) is 60.5 Å². The molecule has 0 spiro atoms. The molecule has 0 saturated carbocycles. The molecule has 0 atom stereocenters. The van der Waals surface area contributed by atoms with Gasteiger partial charge in [0, 0.05) is 17.3 Å². The van der Waals surface area contributed by atoms with Gasteiger partial charge >= 0.3 is 0 Å². The second kappa shape index (κ2) is 9.06. The first kappa shape index (κ1) is 20.7. The third-order valence-corrected chi connectivity index (χ3v) is 4.77. The molecule has 1 amide bonds. The summed E-state index contributed by atoms with van der Waals surface area (Å²) >= 11 is 5.95. The monoisotopic (exact) mass is 439 g/mol. The lowest BCUT2D eigenvalue weighted by Crippen LogP contribution is -2.12. The molecule has 0 bridgehead atoms. The van der Waals surface area contributed by atoms with Gasteiger partial charge in [-0.15, -0.1) is 0 Å². The molecule has 2 aromatic carbocycles. The van der Waals surface area contributed by atoms with Crippen LogP contribution in [0, 0.1) is 12.7 Å². The number of nitrogens with zero attached hydrogens (tertiary/aromatic N) is 2. The van der Waals surface area contributed by atoms with Crippen molar-refractivity contribution < 1.29 is 18.3 Å². The molecule has 2 heterocycles. The van der Waals surface area contributed by atoms with E-state index in [1.165, 1.54) is 12.1 Å². The minimum Gasteiger partial charge on any atom is -0.485 e. The van der Waals surface area contributed by atoms with Gasteiger partial charge in [0.15, 0.2) is 11.6 Å². The van der Waals surface area contributed by atoms with E-state index in [0.29, 0.717) is 28.9 Å². The second-order valence-corrected chi connectivity index (χ2v) is 7.38. The smallest absolute Gasteiger partial charge is 0.292 e. The number of ether oxygens (including phenoxy) is 1. The highest BCUT2D eigenvalue weighted by molar-refractivity contribution is 6.30. The number of amides is 1. The van der Waals surface area contributed by atoms with Crippen molar-refractivity contribution in [1.82, 2.24) is 9.78 Å². The van der Waals surface area contributed by atoms with E-state index in [1.54, 1.807) is 53.3 Å². The molecule has 31 heavy (non-hydrogen) atoms. The number of rotatable bonds is 7. The number of furan rings is 1. The summed E-state index contributed by atoms with van der Waals surface area (Å²) < 4.78 is 26.0. The van der Waals surface area contributed by atoms with Crippen molar-refractivity contribution in [3.05, 3.63) is 100 Å². The maximum atomic E-state index is 13.0. The first-order valence-electron chi connectivity index (χ1n) is 9.53. The predicted octanol–water partition coefficient (Wildman–Crippen LogP) is 5.46. The number of carbonyl (C=O) groups excluding carboxylic acids is 1. The normalized spacial score (nSPS) is 10.8. The summed E-state index contributed by atoms with van der Waals surface area (Å²) in [6, 6.07) is 16.5. The van der Waals surface area contributed by atoms with Crippen LogP contribution < -0.4 is 10.1 Å². The van der Waals surface area contributed by atoms with Crippen LogP contribution in [0.3, 0.4) is 0 Å². The molecule has 8 heteroatoms. The zero-order chi connectivity index (χ0) is 21.8. The molecule has 158 valence electrons. The van der Waals surface area contributed by atoms with E-state index in [9.17, 15) is 9.18 Å². The minimum atomic E-state index is -0.416. The van der Waals surface area contributed by atoms with E-state index >= 15 is 0 Å². The molecule has 0 radical (unpaired) electrons. The lowest BCUT2D eigenvalue weighted by atomic mass is 10.2. The molecule has 0 aliphatic heterocycles. The lowest BCUT2D eigenvalue weighted by Gasteiger charge is -2.07. The molecule has 6 nitrogen and oxygen atoms in total. The van der Waals surface area contributed by atoms with Crippen LogP contribution in [0.2, 0.25) is 5.02 Å². The number of anilines is 1. The van der Waals surface area contributed by atoms with Crippen LogP contribution in [0.25, 0.3) is 0 Å². The molecule has 2 aromatic heterocycles. The van der Waals surface area contributed by atoms with Gasteiger partial charge < -0.3 is 14.5 Å². The SMILES string of the molecule is Cc1cc(Cl)ccc1OCc1ccc(C(=O)Nc2ccn(Cc3ccc(F)cc3)n2)o1. The van der Waals surface area contributed by atoms with Crippen LogP contribution in [-0.4, -0.2) is 15.7 Å². The van der Waals surface area contributed by atoms with E-state index < -0.39 is 5.91 Å². The average Bonchev–Trinajstić information content (AvgIpc) is 3.39. The maximum absolute atomic E-state index is 13.0. The highest BCUT2D eigenvalue weighted by Crippen LogP contribution is 2.23. The Morgan fingerprint density at radius 2 is 1.97 bits per heavy atom. The van der Waals surface area contributed by atoms with Crippen molar-refractivity contribution in [2.24, 2.45) is 0 Å². The number of nitrogens with one attached hydrogen (secondary N) is 1. The highest BCUT2D eigenvalue weighted by atomic mass is 35.5. The molecular weight excluding hydrogens is 421 g/mol. The van der Waals surface area contributed by atoms with Crippen LogP contribution in [-0.2, 0) is 13.2 Å². The van der Waals surface area contributed by atoms with Gasteiger partial charge in [-0.25, -0.2) is 4.39 Å². The van der Waals surface area contributed by atoms with Crippen LogP contribution in [0.5, 0.6) is 5.75 Å². The number of halogens is 2. The number of hydrogen-bond donors (Lipinski definition) is 1. The Morgan fingerprint density at radius 1 is 1.16 bits per heavy atom. The number of carbonyl (C=O) groups is 1. The zero-order valence-electron chi connectivity index (χ0n) is 16.6. The number of aromatic nitrogens is 2. The van der Waals surface area contributed by atoms with Gasteiger partial charge in [-0.2, -0.15) is 5.10 Å². The lowest BCUT2D eigenvalue weighted by molar-refractivity contribution is 0.0992. The number of aryl methyl sites for hydroxylation is 1. The zero-order valence-corrected chi connectivity index (χ0v) is 17.4. The van der Waals surface area contributed by atoms with E-state index in [-0.39, 0.29) is 18.2 Å². The molecule has 0 aliphatic carbocycles. The van der Waals surface area contributed by atoms with Crippen LogP contribution in [0.4, 0.5) is 10.2 Å². The molecule has 0 fully saturated rings. The quantitative estimate of drug-likeness (QED) is 0.415. The summed E-state index contributed by atoms with van der Waals surface area (Å²) in [5.74, 6) is 1.04. The van der Waals surface area contributed by atoms with Gasteiger partial charge in [-0.3, -0.25) is 9.48 Å². The van der Waals surface area contributed by atoms with Gasteiger partial charge in [0.2, 0.25) is 0 Å². The first-order chi connectivity index (χ1) is 15.0. The third kappa shape index (κ3) is 5.32. The van der Waals surface area contributed by atoms with Crippen LogP contribution >= 0.6 is 11.6 Å². The summed E-state index contributed by atoms with van der Waals surface area (Å²) in [7, 11) is 0. The molecule has 0 unspecified atom stereocenters. The Morgan fingerprint density at radius 3 is 2.74 bits per heavy atom. The highest BCUT2D eigenvalue weighted by Gasteiger charge is 2.14. The summed E-state index contributed by atoms with van der Waals surface area (Å²) in [6.07, 6.45) is 1.73. The fraction of sp³-hybridized carbons (Fsp3) is 0.130. The second-order valence-electron chi connectivity index (χ2n) is 6.94. The van der Waals surface area contributed by atoms with Gasteiger partial charge in [0.1, 0.15) is 23.9 Å². The molecular formula is C23H19ClFN3O3. The minimum absolute atomic E-state index is 0.152. The van der Waals surface area contributed by atoms with Crippen molar-refractivity contribution in [2.75, 3.05) is 5.32 Å². The van der Waals surface area contributed by atoms with Crippen LogP contribution in [0.15, 0.2) is 71.3 Å². The average molecular weight is 440 g/mol. The van der Waals surface area contributed by atoms with E-state index in [2.05, 4.69) is 10.4 Å². The van der Waals surface area contributed by atoms with E-state index in [1.807, 2.05) is 13.0 Å². The fourth-order valence-electron chi connectivity index (χ4n) is 2.97. The molecule has 0 aliphatic rings. The largest absolute Gasteiger partial charge is 0.485 e. The molecule has 1 N–H and O–H groups in total. The van der Waals surface area contributed by atoms with Gasteiger partial charge in [-0.1, -0.05) is 23.7 Å². The Labute approximate surface area is 183 Å². The van der Waals surface area contributed by atoms with Gasteiger partial charge in [0.25, 0.3) is 5.91 Å². The number of benzene rings is 2. The summed E-state index contributed by atoms with van der Waals surface area (Å²) in [5, 5.41) is 7.64. The standard InChI is InChI=1S/C23H19ClFN3O3/c1-15-12-17(24)4-8-20(15)30-14-19-7-9-21(31-19)23(29)26-22-10-11-28(27-22)13-16-2-5-18(25)6-3-16/h2-12H,13-14H2,1H3,(H,26,27,29). The van der Waals surface area contributed by atoms with Crippen molar-refractivity contribution in [2.45, 2.75) is 20.1 Å². The molecule has 4 aromatic rings. The molecule has 4 rings (SSSR count). The molecule has 0 saturated heterocycles. The Balaban J connectivity index is 1.33. The third-order valence-electron chi connectivity index (χ3n) is 4.53. The number of hydrogen-bond acceptors (Lipinski definition) is 4. The Bertz CT molecular complexity index is 1200. The van der Waals surface area contributed by atoms with E-state index in [0.717, 1.165) is 11.1 Å². The van der Waals surface area contributed by atoms with Crippen molar-refractivity contribution >= 4 is 23.3 Å².